The Kier molecular flexibility index (Phi) is 4.55. The number of anilines is 1. The highest BCUT2D eigenvalue weighted by atomic mass is 16.5. The lowest BCUT2D eigenvalue weighted by atomic mass is 9.83. The molecule has 0 N–H and O–H groups in total. The van der Waals surface area contributed by atoms with Crippen LogP contribution >= 0.6 is 0 Å². The number of nitrogens with zero attached hydrogens (tertiary/aromatic N) is 1. The zero-order valence-electron chi connectivity index (χ0n) is 16.0. The summed E-state index contributed by atoms with van der Waals surface area (Å²) < 4.78 is 16.2. The Morgan fingerprint density at radius 3 is 2.46 bits per heavy atom. The van der Waals surface area contributed by atoms with Crippen LogP contribution in [0.25, 0.3) is 0 Å². The van der Waals surface area contributed by atoms with Gasteiger partial charge in [0, 0.05) is 23.6 Å². The van der Waals surface area contributed by atoms with Gasteiger partial charge in [-0.15, -0.1) is 0 Å². The fourth-order valence-electron chi connectivity index (χ4n) is 3.90. The van der Waals surface area contributed by atoms with E-state index in [-0.39, 0.29) is 18.9 Å². The van der Waals surface area contributed by atoms with E-state index < -0.39 is 11.9 Å². The molecule has 0 radical (unpaired) electrons. The Balaban J connectivity index is 1.85. The lowest BCUT2D eigenvalue weighted by molar-refractivity contribution is -0.136. The van der Waals surface area contributed by atoms with Gasteiger partial charge in [-0.2, -0.15) is 0 Å². The van der Waals surface area contributed by atoms with Gasteiger partial charge in [-0.05, 0) is 25.1 Å². The fourth-order valence-corrected chi connectivity index (χ4v) is 3.90. The van der Waals surface area contributed by atoms with Crippen molar-refractivity contribution in [1.29, 1.82) is 0 Å². The van der Waals surface area contributed by atoms with Crippen molar-refractivity contribution in [2.24, 2.45) is 0 Å². The molecule has 1 atom stereocenters. The van der Waals surface area contributed by atoms with Crippen molar-refractivity contribution in [3.05, 3.63) is 64.9 Å². The normalized spacial score (nSPS) is 18.8. The van der Waals surface area contributed by atoms with Crippen molar-refractivity contribution in [2.45, 2.75) is 19.3 Å². The predicted molar refractivity (Wildman–Crippen MR) is 104 cm³/mol. The van der Waals surface area contributed by atoms with Gasteiger partial charge in [0.15, 0.2) is 11.5 Å². The number of cyclic esters (lactones) is 1. The molecule has 2 heterocycles. The van der Waals surface area contributed by atoms with E-state index in [0.29, 0.717) is 22.8 Å². The van der Waals surface area contributed by atoms with Gasteiger partial charge in [0.05, 0.1) is 25.5 Å². The third kappa shape index (κ3) is 2.81. The van der Waals surface area contributed by atoms with Gasteiger partial charge in [0.1, 0.15) is 6.61 Å². The minimum atomic E-state index is -0.441. The molecule has 0 aromatic heterocycles. The van der Waals surface area contributed by atoms with Crippen LogP contribution in [0.2, 0.25) is 0 Å². The van der Waals surface area contributed by atoms with Crippen LogP contribution in [0.15, 0.2) is 53.7 Å². The van der Waals surface area contributed by atoms with Gasteiger partial charge in [0.25, 0.3) is 0 Å². The average molecular weight is 379 g/mol. The number of para-hydroxylation sites is 1. The van der Waals surface area contributed by atoms with Crippen molar-refractivity contribution in [1.82, 2.24) is 0 Å². The zero-order valence-corrected chi connectivity index (χ0v) is 16.0. The smallest absolute Gasteiger partial charge is 0.336 e. The Hall–Kier alpha value is -3.28. The van der Waals surface area contributed by atoms with Crippen LogP contribution in [-0.4, -0.2) is 32.7 Å². The number of methoxy groups -OCH3 is 2. The number of carbonyl (C=O) groups is 2. The van der Waals surface area contributed by atoms with Crippen molar-refractivity contribution in [2.75, 3.05) is 25.7 Å². The summed E-state index contributed by atoms with van der Waals surface area (Å²) in [5.74, 6) is 0.162. The number of hydrogen-bond donors (Lipinski definition) is 0. The van der Waals surface area contributed by atoms with Crippen LogP contribution in [0.5, 0.6) is 11.5 Å². The minimum absolute atomic E-state index is 0.0799. The van der Waals surface area contributed by atoms with E-state index in [9.17, 15) is 9.59 Å². The Morgan fingerprint density at radius 2 is 1.79 bits per heavy atom. The lowest BCUT2D eigenvalue weighted by Crippen LogP contribution is -2.37. The number of carbonyl (C=O) groups excluding carboxylic acids is 2. The second kappa shape index (κ2) is 7.03. The molecule has 0 spiro atoms. The molecule has 0 bridgehead atoms. The van der Waals surface area contributed by atoms with Crippen LogP contribution in [0.1, 0.15) is 23.5 Å². The minimum Gasteiger partial charge on any atom is -0.493 e. The third-order valence-electron chi connectivity index (χ3n) is 5.22. The summed E-state index contributed by atoms with van der Waals surface area (Å²) in [5.41, 5.74) is 3.68. The maximum absolute atomic E-state index is 13.1. The van der Waals surface area contributed by atoms with Crippen molar-refractivity contribution in [3.8, 4) is 11.5 Å². The first kappa shape index (κ1) is 18.1. The van der Waals surface area contributed by atoms with Crippen LogP contribution in [-0.2, 0) is 14.3 Å². The summed E-state index contributed by atoms with van der Waals surface area (Å²) in [4.78, 5) is 27.3. The van der Waals surface area contributed by atoms with E-state index in [4.69, 9.17) is 14.2 Å². The second-order valence-corrected chi connectivity index (χ2v) is 6.84. The second-order valence-electron chi connectivity index (χ2n) is 6.84. The van der Waals surface area contributed by atoms with E-state index in [1.54, 1.807) is 25.2 Å². The molecule has 144 valence electrons. The monoisotopic (exact) mass is 379 g/mol. The zero-order chi connectivity index (χ0) is 19.8. The number of amides is 1. The predicted octanol–water partition coefficient (Wildman–Crippen LogP) is 3.34. The van der Waals surface area contributed by atoms with Gasteiger partial charge < -0.3 is 14.2 Å². The highest BCUT2D eigenvalue weighted by Crippen LogP contribution is 2.46. The van der Waals surface area contributed by atoms with E-state index in [0.717, 1.165) is 16.8 Å². The number of esters is 1. The molecule has 0 saturated heterocycles. The number of hydrogen-bond acceptors (Lipinski definition) is 5. The van der Waals surface area contributed by atoms with Crippen LogP contribution < -0.4 is 14.4 Å². The molecule has 2 aromatic rings. The summed E-state index contributed by atoms with van der Waals surface area (Å²) in [5, 5.41) is 0. The highest BCUT2D eigenvalue weighted by molar-refractivity contribution is 6.06. The van der Waals surface area contributed by atoms with Gasteiger partial charge in [-0.1, -0.05) is 29.8 Å². The maximum atomic E-state index is 13.1. The van der Waals surface area contributed by atoms with Gasteiger partial charge in [-0.3, -0.25) is 9.69 Å². The standard InChI is InChI=1S/C22H21NO5/c1-13-7-9-14(10-8-13)23-17-12-28-22(25)20(17)16(11-19(23)24)15-5-4-6-18(26-2)21(15)27-3/h4-10,16H,11-12H2,1-3H3/t16-/m1/s1. The third-order valence-corrected chi connectivity index (χ3v) is 5.22. The molecule has 2 aromatic carbocycles. The Bertz CT molecular complexity index is 977. The molecule has 0 unspecified atom stereocenters. The van der Waals surface area contributed by atoms with Crippen LogP contribution in [0.3, 0.4) is 0 Å². The number of rotatable bonds is 4. The molecule has 6 nitrogen and oxygen atoms in total. The highest BCUT2D eigenvalue weighted by Gasteiger charge is 2.44. The largest absolute Gasteiger partial charge is 0.493 e. The summed E-state index contributed by atoms with van der Waals surface area (Å²) in [7, 11) is 3.11. The molecule has 2 aliphatic heterocycles. The molecule has 4 rings (SSSR count). The molecular formula is C22H21NO5. The first-order valence-corrected chi connectivity index (χ1v) is 9.05. The van der Waals surface area contributed by atoms with Crippen molar-refractivity contribution < 1.29 is 23.8 Å². The summed E-state index contributed by atoms with van der Waals surface area (Å²) in [6, 6.07) is 13.1. The van der Waals surface area contributed by atoms with Gasteiger partial charge in [-0.25, -0.2) is 4.79 Å². The summed E-state index contributed by atoms with van der Waals surface area (Å²) in [6.07, 6.45) is 0.144. The summed E-state index contributed by atoms with van der Waals surface area (Å²) in [6.45, 7) is 2.07. The molecule has 1 amide bonds. The van der Waals surface area contributed by atoms with E-state index in [1.807, 2.05) is 43.3 Å². The Morgan fingerprint density at radius 1 is 1.04 bits per heavy atom. The molecule has 0 aliphatic carbocycles. The molecular weight excluding hydrogens is 358 g/mol. The number of aryl methyl sites for hydroxylation is 1. The molecule has 0 saturated carbocycles. The first-order chi connectivity index (χ1) is 13.5. The fraction of sp³-hybridized carbons (Fsp3) is 0.273. The van der Waals surface area contributed by atoms with Gasteiger partial charge >= 0.3 is 5.97 Å². The quantitative estimate of drug-likeness (QED) is 0.763. The van der Waals surface area contributed by atoms with Crippen molar-refractivity contribution >= 4 is 17.6 Å². The lowest BCUT2D eigenvalue weighted by Gasteiger charge is -2.32. The average Bonchev–Trinajstić information content (AvgIpc) is 3.09. The Labute approximate surface area is 163 Å². The SMILES string of the molecule is COc1cccc([C@H]2CC(=O)N(c3ccc(C)cc3)C3=C2C(=O)OC3)c1OC. The molecule has 0 fully saturated rings. The molecule has 28 heavy (non-hydrogen) atoms. The van der Waals surface area contributed by atoms with Crippen LogP contribution in [0.4, 0.5) is 5.69 Å². The van der Waals surface area contributed by atoms with Crippen molar-refractivity contribution in [3.63, 3.8) is 0 Å². The van der Waals surface area contributed by atoms with Crippen LogP contribution in [0, 0.1) is 6.92 Å². The number of ether oxygens (including phenoxy) is 3. The molecule has 6 heteroatoms. The van der Waals surface area contributed by atoms with E-state index in [1.165, 1.54) is 0 Å². The summed E-state index contributed by atoms with van der Waals surface area (Å²) >= 11 is 0. The van der Waals surface area contributed by atoms with Gasteiger partial charge in [0.2, 0.25) is 5.91 Å². The maximum Gasteiger partial charge on any atom is 0.336 e. The van der Waals surface area contributed by atoms with E-state index in [2.05, 4.69) is 0 Å². The number of benzene rings is 2. The molecule has 2 aliphatic rings. The first-order valence-electron chi connectivity index (χ1n) is 9.05. The topological polar surface area (TPSA) is 65.1 Å². The van der Waals surface area contributed by atoms with E-state index >= 15 is 0 Å².